The fraction of sp³-hybridized carbons (Fsp3) is 0.556. The largest absolute Gasteiger partial charge is 0.489 e. The number of ether oxygens (including phenoxy) is 1. The standard InChI is InChI=1S/C18H23F3N2O3/c1-11(2)26-15-9-4-3-8-14(15)23-17(25)16(24)22-13-7-5-6-12(10-13)18(19,20)21/h3-4,8-9,11-13H,5-7,10H2,1-2H3,(H,22,24)(H,23,25). The van der Waals surface area contributed by atoms with Crippen molar-refractivity contribution in [2.75, 3.05) is 5.32 Å². The molecule has 1 saturated carbocycles. The van der Waals surface area contributed by atoms with Crippen molar-refractivity contribution in [1.82, 2.24) is 5.32 Å². The molecule has 0 aliphatic heterocycles. The molecule has 8 heteroatoms. The lowest BCUT2D eigenvalue weighted by Gasteiger charge is -2.30. The van der Waals surface area contributed by atoms with Crippen molar-refractivity contribution in [3.63, 3.8) is 0 Å². The molecule has 2 unspecified atom stereocenters. The summed E-state index contributed by atoms with van der Waals surface area (Å²) in [6.07, 6.45) is -3.75. The summed E-state index contributed by atoms with van der Waals surface area (Å²) in [5.74, 6) is -2.90. The Bertz CT molecular complexity index is 647. The number of para-hydroxylation sites is 2. The highest BCUT2D eigenvalue weighted by Crippen LogP contribution is 2.37. The van der Waals surface area contributed by atoms with Gasteiger partial charge in [-0.3, -0.25) is 9.59 Å². The molecule has 0 spiro atoms. The maximum Gasteiger partial charge on any atom is 0.391 e. The van der Waals surface area contributed by atoms with Crippen molar-refractivity contribution in [3.05, 3.63) is 24.3 Å². The van der Waals surface area contributed by atoms with Crippen LogP contribution in [0.5, 0.6) is 5.75 Å². The normalized spacial score (nSPS) is 20.5. The first kappa shape index (κ1) is 20.1. The van der Waals surface area contributed by atoms with Gasteiger partial charge in [-0.2, -0.15) is 13.2 Å². The van der Waals surface area contributed by atoms with Gasteiger partial charge in [-0.05, 0) is 45.2 Å². The predicted molar refractivity (Wildman–Crippen MR) is 90.8 cm³/mol. The summed E-state index contributed by atoms with van der Waals surface area (Å²) in [6, 6.07) is 5.99. The van der Waals surface area contributed by atoms with E-state index in [0.717, 1.165) is 0 Å². The first-order valence-corrected chi connectivity index (χ1v) is 8.61. The van der Waals surface area contributed by atoms with Crippen LogP contribution in [0.2, 0.25) is 0 Å². The van der Waals surface area contributed by atoms with Gasteiger partial charge in [0.25, 0.3) is 0 Å². The third kappa shape index (κ3) is 5.64. The summed E-state index contributed by atoms with van der Waals surface area (Å²) in [5, 5.41) is 4.86. The Hall–Kier alpha value is -2.25. The van der Waals surface area contributed by atoms with Crippen molar-refractivity contribution >= 4 is 17.5 Å². The molecule has 144 valence electrons. The minimum Gasteiger partial charge on any atom is -0.489 e. The summed E-state index contributed by atoms with van der Waals surface area (Å²) >= 11 is 0. The van der Waals surface area contributed by atoms with Crippen molar-refractivity contribution in [3.8, 4) is 5.75 Å². The number of hydrogen-bond donors (Lipinski definition) is 2. The summed E-state index contributed by atoms with van der Waals surface area (Å²) in [7, 11) is 0. The van der Waals surface area contributed by atoms with Gasteiger partial charge in [-0.1, -0.05) is 18.6 Å². The number of alkyl halides is 3. The fourth-order valence-corrected chi connectivity index (χ4v) is 2.97. The highest BCUT2D eigenvalue weighted by molar-refractivity contribution is 6.39. The molecule has 0 saturated heterocycles. The predicted octanol–water partition coefficient (Wildman–Crippen LogP) is 3.65. The van der Waals surface area contributed by atoms with Gasteiger partial charge in [-0.15, -0.1) is 0 Å². The monoisotopic (exact) mass is 372 g/mol. The van der Waals surface area contributed by atoms with E-state index in [1.807, 2.05) is 13.8 Å². The Balaban J connectivity index is 1.95. The lowest BCUT2D eigenvalue weighted by Crippen LogP contribution is -2.45. The Kier molecular flexibility index (Phi) is 6.50. The number of anilines is 1. The Morgan fingerprint density at radius 1 is 1.15 bits per heavy atom. The second kappa shape index (κ2) is 8.42. The first-order chi connectivity index (χ1) is 12.2. The third-order valence-corrected chi connectivity index (χ3v) is 4.18. The Labute approximate surface area is 150 Å². The van der Waals surface area contributed by atoms with Gasteiger partial charge in [0, 0.05) is 6.04 Å². The molecule has 0 heterocycles. The Morgan fingerprint density at radius 2 is 1.85 bits per heavy atom. The maximum atomic E-state index is 12.8. The fourth-order valence-electron chi connectivity index (χ4n) is 2.97. The van der Waals surface area contributed by atoms with Gasteiger partial charge < -0.3 is 15.4 Å². The van der Waals surface area contributed by atoms with Crippen LogP contribution in [-0.2, 0) is 9.59 Å². The van der Waals surface area contributed by atoms with E-state index in [4.69, 9.17) is 4.74 Å². The maximum absolute atomic E-state index is 12.8. The summed E-state index contributed by atoms with van der Waals surface area (Å²) in [4.78, 5) is 24.2. The van der Waals surface area contributed by atoms with Crippen LogP contribution in [0, 0.1) is 5.92 Å². The van der Waals surface area contributed by atoms with Crippen LogP contribution in [0.15, 0.2) is 24.3 Å². The molecule has 26 heavy (non-hydrogen) atoms. The zero-order valence-electron chi connectivity index (χ0n) is 14.7. The molecule has 0 bridgehead atoms. The molecular weight excluding hydrogens is 349 g/mol. The topological polar surface area (TPSA) is 67.4 Å². The summed E-state index contributed by atoms with van der Waals surface area (Å²) in [5.41, 5.74) is 0.332. The van der Waals surface area contributed by atoms with Crippen LogP contribution in [0.4, 0.5) is 18.9 Å². The molecular formula is C18H23F3N2O3. The van der Waals surface area contributed by atoms with Crippen LogP contribution in [0.25, 0.3) is 0 Å². The van der Waals surface area contributed by atoms with Crippen LogP contribution in [-0.4, -0.2) is 30.1 Å². The second-order valence-corrected chi connectivity index (χ2v) is 6.69. The average molecular weight is 372 g/mol. The first-order valence-electron chi connectivity index (χ1n) is 8.61. The molecule has 1 aromatic carbocycles. The SMILES string of the molecule is CC(C)Oc1ccccc1NC(=O)C(=O)NC1CCCC(C(F)(F)F)C1. The number of carbonyl (C=O) groups is 2. The van der Waals surface area contributed by atoms with E-state index in [1.54, 1.807) is 24.3 Å². The number of benzene rings is 1. The molecule has 1 fully saturated rings. The van der Waals surface area contributed by atoms with Crippen LogP contribution in [0.3, 0.4) is 0 Å². The molecule has 1 aliphatic carbocycles. The van der Waals surface area contributed by atoms with Crippen molar-refractivity contribution in [2.24, 2.45) is 5.92 Å². The smallest absolute Gasteiger partial charge is 0.391 e. The summed E-state index contributed by atoms with van der Waals surface area (Å²) < 4.78 is 44.1. The van der Waals surface area contributed by atoms with E-state index in [9.17, 15) is 22.8 Å². The van der Waals surface area contributed by atoms with Crippen LogP contribution in [0.1, 0.15) is 39.5 Å². The zero-order valence-corrected chi connectivity index (χ0v) is 14.7. The quantitative estimate of drug-likeness (QED) is 0.793. The lowest BCUT2D eigenvalue weighted by molar-refractivity contribution is -0.184. The molecule has 2 rings (SSSR count). The molecule has 0 aromatic heterocycles. The van der Waals surface area contributed by atoms with Crippen molar-refractivity contribution in [2.45, 2.75) is 57.9 Å². The second-order valence-electron chi connectivity index (χ2n) is 6.69. The average Bonchev–Trinajstić information content (AvgIpc) is 2.55. The minimum atomic E-state index is -4.28. The van der Waals surface area contributed by atoms with Crippen LogP contribution >= 0.6 is 0 Å². The van der Waals surface area contributed by atoms with Gasteiger partial charge in [0.15, 0.2) is 0 Å². The molecule has 5 nitrogen and oxygen atoms in total. The van der Waals surface area contributed by atoms with E-state index < -0.39 is 30.0 Å². The highest BCUT2D eigenvalue weighted by Gasteiger charge is 2.42. The molecule has 2 atom stereocenters. The molecule has 1 aliphatic rings. The van der Waals surface area contributed by atoms with E-state index in [0.29, 0.717) is 24.3 Å². The van der Waals surface area contributed by atoms with E-state index in [1.165, 1.54) is 0 Å². The molecule has 1 aromatic rings. The van der Waals surface area contributed by atoms with E-state index in [-0.39, 0.29) is 18.9 Å². The number of carbonyl (C=O) groups excluding carboxylic acids is 2. The van der Waals surface area contributed by atoms with Gasteiger partial charge >= 0.3 is 18.0 Å². The summed E-state index contributed by atoms with van der Waals surface area (Å²) in [6.45, 7) is 3.65. The Morgan fingerprint density at radius 3 is 2.50 bits per heavy atom. The van der Waals surface area contributed by atoms with Crippen molar-refractivity contribution in [1.29, 1.82) is 0 Å². The zero-order chi connectivity index (χ0) is 19.3. The number of amides is 2. The molecule has 0 radical (unpaired) electrons. The van der Waals surface area contributed by atoms with Crippen LogP contribution < -0.4 is 15.4 Å². The number of halogens is 3. The van der Waals surface area contributed by atoms with E-state index in [2.05, 4.69) is 10.6 Å². The third-order valence-electron chi connectivity index (χ3n) is 4.18. The van der Waals surface area contributed by atoms with E-state index >= 15 is 0 Å². The highest BCUT2D eigenvalue weighted by atomic mass is 19.4. The van der Waals surface area contributed by atoms with Gasteiger partial charge in [0.1, 0.15) is 5.75 Å². The lowest BCUT2D eigenvalue weighted by atomic mass is 9.85. The van der Waals surface area contributed by atoms with Crippen molar-refractivity contribution < 1.29 is 27.5 Å². The number of hydrogen-bond acceptors (Lipinski definition) is 3. The molecule has 2 amide bonds. The van der Waals surface area contributed by atoms with Gasteiger partial charge in [0.05, 0.1) is 17.7 Å². The van der Waals surface area contributed by atoms with Gasteiger partial charge in [0.2, 0.25) is 0 Å². The number of nitrogens with one attached hydrogen (secondary N) is 2. The number of rotatable bonds is 4. The minimum absolute atomic E-state index is 0.0575. The van der Waals surface area contributed by atoms with Gasteiger partial charge in [-0.25, -0.2) is 0 Å². The molecule has 2 N–H and O–H groups in total.